The Kier molecular flexibility index (Phi) is 5.40. The van der Waals surface area contributed by atoms with Gasteiger partial charge in [0.1, 0.15) is 12.6 Å². The van der Waals surface area contributed by atoms with Crippen LogP contribution in [0.15, 0.2) is 48.5 Å². The molecule has 1 aliphatic carbocycles. The van der Waals surface area contributed by atoms with E-state index in [2.05, 4.69) is 10.1 Å². The molecular formula is C20H20N2O5. The molecule has 3 rings (SSSR count). The van der Waals surface area contributed by atoms with Crippen molar-refractivity contribution in [2.45, 2.75) is 18.4 Å². The topological polar surface area (TPSA) is 108 Å². The van der Waals surface area contributed by atoms with E-state index in [0.717, 1.165) is 22.3 Å². The van der Waals surface area contributed by atoms with Crippen LogP contribution in [0.4, 0.5) is 4.79 Å². The minimum absolute atomic E-state index is 0.101. The number of hydrogen-bond acceptors (Lipinski definition) is 5. The van der Waals surface area contributed by atoms with E-state index in [0.29, 0.717) is 0 Å². The second-order valence-corrected chi connectivity index (χ2v) is 6.21. The average Bonchev–Trinajstić information content (AvgIpc) is 2.99. The van der Waals surface area contributed by atoms with Gasteiger partial charge in [-0.3, -0.25) is 9.59 Å². The second kappa shape index (κ2) is 7.90. The quantitative estimate of drug-likeness (QED) is 0.758. The van der Waals surface area contributed by atoms with Crippen LogP contribution in [0, 0.1) is 0 Å². The highest BCUT2D eigenvalue weighted by Crippen LogP contribution is 2.44. The number of benzene rings is 2. The van der Waals surface area contributed by atoms with Crippen molar-refractivity contribution in [2.24, 2.45) is 5.73 Å². The maximum Gasteiger partial charge on any atom is 0.407 e. The van der Waals surface area contributed by atoms with Crippen LogP contribution in [-0.2, 0) is 19.1 Å². The molecular weight excluding hydrogens is 348 g/mol. The first kappa shape index (κ1) is 18.4. The first-order valence-corrected chi connectivity index (χ1v) is 8.49. The van der Waals surface area contributed by atoms with Crippen molar-refractivity contribution in [1.29, 1.82) is 0 Å². The van der Waals surface area contributed by atoms with Crippen molar-refractivity contribution in [3.8, 4) is 11.1 Å². The van der Waals surface area contributed by atoms with Crippen LogP contribution in [0.5, 0.6) is 0 Å². The molecule has 0 aliphatic heterocycles. The van der Waals surface area contributed by atoms with Gasteiger partial charge in [0.15, 0.2) is 0 Å². The Labute approximate surface area is 156 Å². The van der Waals surface area contributed by atoms with Crippen LogP contribution in [0.25, 0.3) is 11.1 Å². The lowest BCUT2D eigenvalue weighted by molar-refractivity contribution is -0.142. The van der Waals surface area contributed by atoms with Gasteiger partial charge in [0, 0.05) is 5.92 Å². The number of esters is 1. The first-order valence-electron chi connectivity index (χ1n) is 8.49. The normalized spacial score (nSPS) is 13.2. The number of nitrogens with two attached hydrogens (primary N) is 1. The largest absolute Gasteiger partial charge is 0.469 e. The highest BCUT2D eigenvalue weighted by molar-refractivity contribution is 5.88. The SMILES string of the molecule is COC(=O)CC(NC(=O)OCC1c2ccccc2-c2ccccc21)C(N)=O. The molecule has 0 aromatic heterocycles. The Morgan fingerprint density at radius 1 is 1.04 bits per heavy atom. The summed E-state index contributed by atoms with van der Waals surface area (Å²) in [6, 6.07) is 14.7. The summed E-state index contributed by atoms with van der Waals surface area (Å²) in [6.07, 6.45) is -1.17. The zero-order valence-corrected chi connectivity index (χ0v) is 14.8. The van der Waals surface area contributed by atoms with Gasteiger partial charge >= 0.3 is 12.1 Å². The van der Waals surface area contributed by atoms with Gasteiger partial charge in [-0.15, -0.1) is 0 Å². The van der Waals surface area contributed by atoms with Crippen LogP contribution in [0.1, 0.15) is 23.5 Å². The molecule has 2 amide bonds. The predicted octanol–water partition coefficient (Wildman–Crippen LogP) is 1.94. The maximum atomic E-state index is 12.1. The van der Waals surface area contributed by atoms with E-state index >= 15 is 0 Å². The molecule has 3 N–H and O–H groups in total. The summed E-state index contributed by atoms with van der Waals surface area (Å²) >= 11 is 0. The Balaban J connectivity index is 1.68. The molecule has 0 saturated heterocycles. The lowest BCUT2D eigenvalue weighted by Gasteiger charge is -2.17. The van der Waals surface area contributed by atoms with E-state index < -0.39 is 24.0 Å². The van der Waals surface area contributed by atoms with Crippen LogP contribution in [-0.4, -0.2) is 37.7 Å². The number of carbonyl (C=O) groups excluding carboxylic acids is 3. The number of nitrogens with one attached hydrogen (secondary N) is 1. The molecule has 1 atom stereocenters. The minimum atomic E-state index is -1.19. The summed E-state index contributed by atoms with van der Waals surface area (Å²) in [7, 11) is 1.19. The summed E-state index contributed by atoms with van der Waals surface area (Å²) in [5.41, 5.74) is 9.60. The fraction of sp³-hybridized carbons (Fsp3) is 0.250. The molecule has 0 bridgehead atoms. The van der Waals surface area contributed by atoms with E-state index in [4.69, 9.17) is 10.5 Å². The lowest BCUT2D eigenvalue weighted by Crippen LogP contribution is -2.46. The molecule has 0 spiro atoms. The lowest BCUT2D eigenvalue weighted by atomic mass is 9.98. The number of primary amides is 1. The van der Waals surface area contributed by atoms with Crippen molar-refractivity contribution in [3.63, 3.8) is 0 Å². The highest BCUT2D eigenvalue weighted by Gasteiger charge is 2.29. The van der Waals surface area contributed by atoms with E-state index in [-0.39, 0.29) is 18.9 Å². The Morgan fingerprint density at radius 2 is 1.59 bits per heavy atom. The average molecular weight is 368 g/mol. The first-order chi connectivity index (χ1) is 13.0. The fourth-order valence-electron chi connectivity index (χ4n) is 3.26. The van der Waals surface area contributed by atoms with Crippen LogP contribution in [0.2, 0.25) is 0 Å². The smallest absolute Gasteiger partial charge is 0.407 e. The number of hydrogen-bond donors (Lipinski definition) is 2. The minimum Gasteiger partial charge on any atom is -0.469 e. The number of alkyl carbamates (subject to hydrolysis) is 1. The van der Waals surface area contributed by atoms with E-state index in [1.165, 1.54) is 7.11 Å². The molecule has 0 heterocycles. The molecule has 2 aromatic rings. The molecule has 1 aliphatic rings. The summed E-state index contributed by atoms with van der Waals surface area (Å²) in [5.74, 6) is -1.59. The Morgan fingerprint density at radius 3 is 2.11 bits per heavy atom. The van der Waals surface area contributed by atoms with Gasteiger partial charge in [-0.1, -0.05) is 48.5 Å². The van der Waals surface area contributed by atoms with Gasteiger partial charge in [0.25, 0.3) is 0 Å². The third kappa shape index (κ3) is 3.92. The standard InChI is InChI=1S/C20H20N2O5/c1-26-18(23)10-17(19(21)24)22-20(25)27-11-16-14-8-4-2-6-12(14)13-7-3-5-9-15(13)16/h2-9,16-17H,10-11H2,1H3,(H2,21,24)(H,22,25). The molecule has 1 unspecified atom stereocenters. The third-order valence-corrected chi connectivity index (χ3v) is 4.58. The summed E-state index contributed by atoms with van der Waals surface area (Å²) in [5, 5.41) is 2.32. The fourth-order valence-corrected chi connectivity index (χ4v) is 3.26. The molecule has 7 nitrogen and oxygen atoms in total. The van der Waals surface area contributed by atoms with Gasteiger partial charge in [0.2, 0.25) is 5.91 Å². The number of methoxy groups -OCH3 is 1. The molecule has 2 aromatic carbocycles. The van der Waals surface area contributed by atoms with Gasteiger partial charge in [-0.2, -0.15) is 0 Å². The molecule has 140 valence electrons. The van der Waals surface area contributed by atoms with Crippen LogP contribution >= 0.6 is 0 Å². The summed E-state index contributed by atoms with van der Waals surface area (Å²) < 4.78 is 9.82. The van der Waals surface area contributed by atoms with Crippen molar-refractivity contribution in [1.82, 2.24) is 5.32 Å². The van der Waals surface area contributed by atoms with Crippen molar-refractivity contribution >= 4 is 18.0 Å². The molecule has 0 radical (unpaired) electrons. The molecule has 0 fully saturated rings. The van der Waals surface area contributed by atoms with E-state index in [9.17, 15) is 14.4 Å². The number of amides is 2. The van der Waals surface area contributed by atoms with Crippen LogP contribution in [0.3, 0.4) is 0 Å². The molecule has 0 saturated carbocycles. The van der Waals surface area contributed by atoms with Crippen molar-refractivity contribution < 1.29 is 23.9 Å². The highest BCUT2D eigenvalue weighted by atomic mass is 16.5. The summed E-state index contributed by atoms with van der Waals surface area (Å²) in [6.45, 7) is 0.101. The number of rotatable bonds is 6. The molecule has 7 heteroatoms. The van der Waals surface area contributed by atoms with E-state index in [1.54, 1.807) is 0 Å². The Hall–Kier alpha value is -3.35. The van der Waals surface area contributed by atoms with E-state index in [1.807, 2.05) is 48.5 Å². The third-order valence-electron chi connectivity index (χ3n) is 4.58. The zero-order valence-electron chi connectivity index (χ0n) is 14.8. The summed E-state index contributed by atoms with van der Waals surface area (Å²) in [4.78, 5) is 34.9. The van der Waals surface area contributed by atoms with Gasteiger partial charge < -0.3 is 20.5 Å². The van der Waals surface area contributed by atoms with Crippen LogP contribution < -0.4 is 11.1 Å². The predicted molar refractivity (Wildman–Crippen MR) is 97.8 cm³/mol. The molecule has 27 heavy (non-hydrogen) atoms. The number of carbonyl (C=O) groups is 3. The number of fused-ring (bicyclic) bond motifs is 3. The van der Waals surface area contributed by atoms with Crippen molar-refractivity contribution in [3.05, 3.63) is 59.7 Å². The monoisotopic (exact) mass is 368 g/mol. The van der Waals surface area contributed by atoms with Gasteiger partial charge in [-0.25, -0.2) is 4.79 Å². The van der Waals surface area contributed by atoms with Gasteiger partial charge in [0.05, 0.1) is 13.5 Å². The zero-order chi connectivity index (χ0) is 19.4. The second-order valence-electron chi connectivity index (χ2n) is 6.21. The Bertz CT molecular complexity index is 835. The maximum absolute atomic E-state index is 12.1. The van der Waals surface area contributed by atoms with Gasteiger partial charge in [-0.05, 0) is 22.3 Å². The number of ether oxygens (including phenoxy) is 2. The van der Waals surface area contributed by atoms with Crippen molar-refractivity contribution in [2.75, 3.05) is 13.7 Å².